The van der Waals surface area contributed by atoms with Crippen LogP contribution < -0.4 is 0 Å². The summed E-state index contributed by atoms with van der Waals surface area (Å²) < 4.78 is 2.16. The van der Waals surface area contributed by atoms with Crippen molar-refractivity contribution in [3.63, 3.8) is 0 Å². The minimum Gasteiger partial charge on any atom is -0.335 e. The molecule has 4 aromatic rings. The highest BCUT2D eigenvalue weighted by atomic mass is 32.1. The molecular formula is C26H27N3OS. The van der Waals surface area contributed by atoms with Gasteiger partial charge >= 0.3 is 0 Å². The van der Waals surface area contributed by atoms with Crippen LogP contribution in [-0.4, -0.2) is 46.5 Å². The van der Waals surface area contributed by atoms with Crippen molar-refractivity contribution in [3.05, 3.63) is 95.0 Å². The Bertz CT molecular complexity index is 1120. The molecule has 5 heteroatoms. The van der Waals surface area contributed by atoms with Gasteiger partial charge in [-0.05, 0) is 35.6 Å². The fourth-order valence-electron chi connectivity index (χ4n) is 4.70. The maximum Gasteiger partial charge on any atom is 0.270 e. The van der Waals surface area contributed by atoms with Crippen molar-refractivity contribution in [2.75, 3.05) is 26.2 Å². The van der Waals surface area contributed by atoms with Gasteiger partial charge in [-0.25, -0.2) is 0 Å². The smallest absolute Gasteiger partial charge is 0.270 e. The van der Waals surface area contributed by atoms with E-state index in [1.165, 1.54) is 21.3 Å². The number of carbonyl (C=O) groups is 1. The molecule has 3 heterocycles. The summed E-state index contributed by atoms with van der Waals surface area (Å²) in [6, 6.07) is 25.7. The molecule has 0 radical (unpaired) electrons. The van der Waals surface area contributed by atoms with E-state index in [0.717, 1.165) is 38.4 Å². The number of fused-ring (bicyclic) bond motifs is 1. The maximum absolute atomic E-state index is 13.4. The van der Waals surface area contributed by atoms with Crippen molar-refractivity contribution in [2.24, 2.45) is 0 Å². The molecule has 0 bridgehead atoms. The Morgan fingerprint density at radius 1 is 0.903 bits per heavy atom. The second kappa shape index (κ2) is 8.69. The second-order valence-electron chi connectivity index (χ2n) is 8.01. The van der Waals surface area contributed by atoms with E-state index < -0.39 is 0 Å². The molecule has 1 aliphatic rings. The van der Waals surface area contributed by atoms with Crippen LogP contribution in [0.3, 0.4) is 0 Å². The highest BCUT2D eigenvalue weighted by Gasteiger charge is 2.29. The largest absolute Gasteiger partial charge is 0.335 e. The van der Waals surface area contributed by atoms with Gasteiger partial charge in [-0.1, -0.05) is 60.7 Å². The number of aromatic nitrogens is 1. The Hall–Kier alpha value is -2.89. The van der Waals surface area contributed by atoms with Crippen LogP contribution in [0.25, 0.3) is 10.2 Å². The summed E-state index contributed by atoms with van der Waals surface area (Å²) in [5, 5.41) is 3.26. The van der Waals surface area contributed by atoms with Gasteiger partial charge in [0.2, 0.25) is 0 Å². The minimum absolute atomic E-state index is 0.154. The molecule has 0 unspecified atom stereocenters. The molecule has 0 spiro atoms. The molecule has 1 aliphatic heterocycles. The van der Waals surface area contributed by atoms with E-state index in [9.17, 15) is 4.79 Å². The van der Waals surface area contributed by atoms with Gasteiger partial charge in [0.25, 0.3) is 5.91 Å². The van der Waals surface area contributed by atoms with Gasteiger partial charge in [-0.2, -0.15) is 0 Å². The zero-order valence-corrected chi connectivity index (χ0v) is 18.6. The Morgan fingerprint density at radius 2 is 1.52 bits per heavy atom. The number of hydrogen-bond donors (Lipinski definition) is 0. The fraction of sp³-hybridized carbons (Fsp3) is 0.269. The molecule has 31 heavy (non-hydrogen) atoms. The van der Waals surface area contributed by atoms with Gasteiger partial charge in [-0.3, -0.25) is 9.69 Å². The number of amides is 1. The van der Waals surface area contributed by atoms with Crippen LogP contribution in [0.1, 0.15) is 34.6 Å². The van der Waals surface area contributed by atoms with Gasteiger partial charge in [0, 0.05) is 38.1 Å². The molecule has 5 rings (SSSR count). The van der Waals surface area contributed by atoms with E-state index in [0.29, 0.717) is 0 Å². The summed E-state index contributed by atoms with van der Waals surface area (Å²) in [5.74, 6) is 0.154. The molecule has 2 aromatic heterocycles. The van der Waals surface area contributed by atoms with E-state index in [4.69, 9.17) is 0 Å². The summed E-state index contributed by atoms with van der Waals surface area (Å²) in [7, 11) is 0. The average molecular weight is 430 g/mol. The van der Waals surface area contributed by atoms with Crippen molar-refractivity contribution in [3.8, 4) is 0 Å². The molecule has 4 nitrogen and oxygen atoms in total. The topological polar surface area (TPSA) is 28.5 Å². The zero-order valence-electron chi connectivity index (χ0n) is 17.8. The molecule has 2 aromatic carbocycles. The van der Waals surface area contributed by atoms with Crippen molar-refractivity contribution in [1.82, 2.24) is 14.4 Å². The first kappa shape index (κ1) is 20.0. The third-order valence-corrected chi connectivity index (χ3v) is 7.19. The first-order chi connectivity index (χ1) is 15.3. The average Bonchev–Trinajstić information content (AvgIpc) is 3.42. The number of nitrogens with zero attached hydrogens (tertiary/aromatic N) is 3. The molecule has 158 valence electrons. The molecule has 0 saturated carbocycles. The molecule has 1 saturated heterocycles. The maximum atomic E-state index is 13.4. The van der Waals surface area contributed by atoms with Crippen molar-refractivity contribution in [1.29, 1.82) is 0 Å². The number of thiophene rings is 1. The lowest BCUT2D eigenvalue weighted by atomic mass is 9.96. The number of benzene rings is 2. The van der Waals surface area contributed by atoms with Gasteiger partial charge in [0.1, 0.15) is 10.5 Å². The first-order valence-corrected chi connectivity index (χ1v) is 11.8. The number of carbonyl (C=O) groups excluding carboxylic acids is 1. The summed E-state index contributed by atoms with van der Waals surface area (Å²) >= 11 is 1.71. The van der Waals surface area contributed by atoms with Gasteiger partial charge < -0.3 is 9.47 Å². The molecular weight excluding hydrogens is 402 g/mol. The SMILES string of the molecule is CCn1c(C(=O)N2CCN(C(c3ccccc3)c3ccccc3)CC2)cc2ccsc21. The van der Waals surface area contributed by atoms with Crippen molar-refractivity contribution in [2.45, 2.75) is 19.5 Å². The quantitative estimate of drug-likeness (QED) is 0.432. The summed E-state index contributed by atoms with van der Waals surface area (Å²) in [6.07, 6.45) is 0. The lowest BCUT2D eigenvalue weighted by molar-refractivity contribution is 0.0588. The van der Waals surface area contributed by atoms with E-state index in [1.807, 2.05) is 4.90 Å². The van der Waals surface area contributed by atoms with Gasteiger partial charge in [-0.15, -0.1) is 11.3 Å². The van der Waals surface area contributed by atoms with E-state index in [-0.39, 0.29) is 11.9 Å². The Morgan fingerprint density at radius 3 is 2.10 bits per heavy atom. The van der Waals surface area contributed by atoms with E-state index in [2.05, 4.69) is 94.6 Å². The van der Waals surface area contributed by atoms with Gasteiger partial charge in [0.05, 0.1) is 6.04 Å². The van der Waals surface area contributed by atoms with Crippen molar-refractivity contribution >= 4 is 27.5 Å². The van der Waals surface area contributed by atoms with Crippen LogP contribution in [0.2, 0.25) is 0 Å². The van der Waals surface area contributed by atoms with Crippen LogP contribution in [0.15, 0.2) is 78.2 Å². The van der Waals surface area contributed by atoms with E-state index in [1.54, 1.807) is 11.3 Å². The third kappa shape index (κ3) is 3.80. The normalized spacial score (nSPS) is 15.1. The predicted molar refractivity (Wildman–Crippen MR) is 128 cm³/mol. The number of aryl methyl sites for hydroxylation is 1. The van der Waals surface area contributed by atoms with Crippen LogP contribution in [0, 0.1) is 0 Å². The molecule has 1 fully saturated rings. The number of piperazine rings is 1. The summed E-state index contributed by atoms with van der Waals surface area (Å²) in [4.78, 5) is 19.1. The Balaban J connectivity index is 1.36. The third-order valence-electron chi connectivity index (χ3n) is 6.23. The summed E-state index contributed by atoms with van der Waals surface area (Å²) in [5.41, 5.74) is 3.42. The van der Waals surface area contributed by atoms with Crippen molar-refractivity contribution < 1.29 is 4.79 Å². The molecule has 0 aliphatic carbocycles. The fourth-order valence-corrected chi connectivity index (χ4v) is 5.66. The number of rotatable bonds is 5. The predicted octanol–water partition coefficient (Wildman–Crippen LogP) is 5.27. The lowest BCUT2D eigenvalue weighted by Gasteiger charge is -2.39. The molecule has 0 N–H and O–H groups in total. The van der Waals surface area contributed by atoms with Crippen LogP contribution in [-0.2, 0) is 6.54 Å². The zero-order chi connectivity index (χ0) is 21.2. The van der Waals surface area contributed by atoms with Crippen LogP contribution in [0.5, 0.6) is 0 Å². The highest BCUT2D eigenvalue weighted by Crippen LogP contribution is 2.30. The first-order valence-electron chi connectivity index (χ1n) is 11.0. The second-order valence-corrected chi connectivity index (χ2v) is 8.90. The minimum atomic E-state index is 0.154. The molecule has 1 amide bonds. The highest BCUT2D eigenvalue weighted by molar-refractivity contribution is 7.16. The standard InChI is InChI=1S/C26H27N3OS/c1-2-29-23(19-22-13-18-31-26(22)29)25(30)28-16-14-27(15-17-28)24(20-9-5-3-6-10-20)21-11-7-4-8-12-21/h3-13,18-19,24H,2,14-17H2,1H3. The van der Waals surface area contributed by atoms with Crippen LogP contribution in [0.4, 0.5) is 0 Å². The Kier molecular flexibility index (Phi) is 5.62. The Labute approximate surface area is 187 Å². The molecule has 0 atom stereocenters. The van der Waals surface area contributed by atoms with Gasteiger partial charge in [0.15, 0.2) is 0 Å². The van der Waals surface area contributed by atoms with Crippen LogP contribution >= 0.6 is 11.3 Å². The monoisotopic (exact) mass is 429 g/mol. The summed E-state index contributed by atoms with van der Waals surface area (Å²) in [6.45, 7) is 6.14. The van der Waals surface area contributed by atoms with E-state index >= 15 is 0 Å². The lowest BCUT2D eigenvalue weighted by Crippen LogP contribution is -2.50. The number of hydrogen-bond acceptors (Lipinski definition) is 3.